The van der Waals surface area contributed by atoms with Crippen molar-refractivity contribution in [2.24, 2.45) is 0 Å². The lowest BCUT2D eigenvalue weighted by atomic mass is 10.1. The van der Waals surface area contributed by atoms with Crippen LogP contribution in [-0.2, 0) is 6.42 Å². The molecule has 1 aromatic carbocycles. The highest BCUT2D eigenvalue weighted by atomic mass is 14.9. The summed E-state index contributed by atoms with van der Waals surface area (Å²) in [5, 5.41) is 20.5. The second-order valence-electron chi connectivity index (χ2n) is 3.37. The van der Waals surface area contributed by atoms with Crippen molar-refractivity contribution < 1.29 is 0 Å². The average Bonchev–Trinajstić information content (AvgIpc) is 2.73. The smallest absolute Gasteiger partial charge is 0.130 e. The summed E-state index contributed by atoms with van der Waals surface area (Å²) in [5.41, 5.74) is 3.46. The molecule has 3 nitrogen and oxygen atoms in total. The third kappa shape index (κ3) is 1.82. The Morgan fingerprint density at radius 1 is 1.33 bits per heavy atom. The van der Waals surface area contributed by atoms with Crippen LogP contribution in [0.3, 0.4) is 0 Å². The predicted molar refractivity (Wildman–Crippen MR) is 57.8 cm³/mol. The number of hydrogen-bond donors (Lipinski definition) is 1. The Labute approximate surface area is 88.3 Å². The molecule has 0 saturated heterocycles. The van der Waals surface area contributed by atoms with E-state index in [9.17, 15) is 0 Å². The number of anilines is 1. The van der Waals surface area contributed by atoms with Crippen LogP contribution in [0.1, 0.15) is 11.1 Å². The highest BCUT2D eigenvalue weighted by molar-refractivity contribution is 5.66. The molecular formula is C12H9N3. The van der Waals surface area contributed by atoms with Gasteiger partial charge in [0.15, 0.2) is 0 Å². The third-order valence-electron chi connectivity index (χ3n) is 2.39. The summed E-state index contributed by atoms with van der Waals surface area (Å²) in [6.07, 6.45) is 2.62. The summed E-state index contributed by atoms with van der Waals surface area (Å²) >= 11 is 0. The van der Waals surface area contributed by atoms with Gasteiger partial charge in [-0.05, 0) is 35.8 Å². The van der Waals surface area contributed by atoms with Gasteiger partial charge in [0.05, 0.1) is 0 Å². The second-order valence-corrected chi connectivity index (χ2v) is 3.37. The van der Waals surface area contributed by atoms with E-state index in [1.54, 1.807) is 6.08 Å². The number of allylic oxidation sites excluding steroid dienone is 1. The molecule has 0 unspecified atom stereocenters. The van der Waals surface area contributed by atoms with E-state index in [0.717, 1.165) is 24.2 Å². The van der Waals surface area contributed by atoms with Gasteiger partial charge in [-0.15, -0.1) is 0 Å². The van der Waals surface area contributed by atoms with Crippen molar-refractivity contribution in [1.29, 1.82) is 10.5 Å². The van der Waals surface area contributed by atoms with Crippen LogP contribution < -0.4 is 5.32 Å². The lowest BCUT2D eigenvalue weighted by molar-refractivity contribution is 1.11. The molecule has 0 aliphatic carbocycles. The fraction of sp³-hybridized carbons (Fsp3) is 0.167. The average molecular weight is 195 g/mol. The van der Waals surface area contributed by atoms with Gasteiger partial charge < -0.3 is 5.32 Å². The summed E-state index contributed by atoms with van der Waals surface area (Å²) < 4.78 is 0. The van der Waals surface area contributed by atoms with E-state index in [-0.39, 0.29) is 5.57 Å². The van der Waals surface area contributed by atoms with Crippen LogP contribution in [0.2, 0.25) is 0 Å². The van der Waals surface area contributed by atoms with E-state index in [1.807, 2.05) is 30.3 Å². The number of nitrogens with one attached hydrogen (secondary N) is 1. The molecular weight excluding hydrogens is 186 g/mol. The fourth-order valence-corrected chi connectivity index (χ4v) is 1.67. The summed E-state index contributed by atoms with van der Waals surface area (Å²) in [7, 11) is 0. The molecule has 3 heteroatoms. The Kier molecular flexibility index (Phi) is 2.39. The fourth-order valence-electron chi connectivity index (χ4n) is 1.67. The van der Waals surface area contributed by atoms with Crippen LogP contribution in [0.15, 0.2) is 23.8 Å². The second kappa shape index (κ2) is 3.86. The molecule has 1 N–H and O–H groups in total. The Morgan fingerprint density at radius 3 is 2.87 bits per heavy atom. The number of nitriles is 2. The number of rotatable bonds is 1. The minimum absolute atomic E-state index is 0.140. The van der Waals surface area contributed by atoms with Gasteiger partial charge in [-0.3, -0.25) is 0 Å². The van der Waals surface area contributed by atoms with E-state index in [4.69, 9.17) is 10.5 Å². The van der Waals surface area contributed by atoms with E-state index in [2.05, 4.69) is 5.32 Å². The van der Waals surface area contributed by atoms with Gasteiger partial charge >= 0.3 is 0 Å². The predicted octanol–water partition coefficient (Wildman–Crippen LogP) is 2.09. The molecule has 0 spiro atoms. The summed E-state index contributed by atoms with van der Waals surface area (Å²) in [6, 6.07) is 9.62. The van der Waals surface area contributed by atoms with Crippen molar-refractivity contribution >= 4 is 11.8 Å². The van der Waals surface area contributed by atoms with Gasteiger partial charge in [-0.2, -0.15) is 10.5 Å². The lowest BCUT2D eigenvalue weighted by Gasteiger charge is -2.00. The zero-order valence-corrected chi connectivity index (χ0v) is 8.12. The molecule has 0 fully saturated rings. The standard InChI is InChI=1S/C12H9N3/c13-7-10(8-14)5-9-1-2-12-11(6-9)3-4-15-12/h1-2,5-6,15H,3-4H2. The molecule has 0 saturated carbocycles. The minimum Gasteiger partial charge on any atom is -0.384 e. The Morgan fingerprint density at radius 2 is 2.13 bits per heavy atom. The molecule has 2 rings (SSSR count). The van der Waals surface area contributed by atoms with Crippen molar-refractivity contribution in [1.82, 2.24) is 0 Å². The zero-order chi connectivity index (χ0) is 10.7. The van der Waals surface area contributed by atoms with Crippen LogP contribution in [0.4, 0.5) is 5.69 Å². The van der Waals surface area contributed by atoms with Gasteiger partial charge in [-0.25, -0.2) is 0 Å². The molecule has 0 radical (unpaired) electrons. The van der Waals surface area contributed by atoms with Crippen molar-refractivity contribution in [3.8, 4) is 12.1 Å². The van der Waals surface area contributed by atoms with Gasteiger partial charge in [0.25, 0.3) is 0 Å². The molecule has 1 aromatic rings. The van der Waals surface area contributed by atoms with Crippen LogP contribution in [0.25, 0.3) is 6.08 Å². The van der Waals surface area contributed by atoms with Crippen molar-refractivity contribution in [3.63, 3.8) is 0 Å². The normalized spacial score (nSPS) is 11.9. The van der Waals surface area contributed by atoms with Gasteiger partial charge in [0, 0.05) is 12.2 Å². The minimum atomic E-state index is 0.140. The summed E-state index contributed by atoms with van der Waals surface area (Å²) in [4.78, 5) is 0. The van der Waals surface area contributed by atoms with E-state index in [1.165, 1.54) is 5.56 Å². The number of nitrogens with zero attached hydrogens (tertiary/aromatic N) is 2. The van der Waals surface area contributed by atoms with Gasteiger partial charge in [0.1, 0.15) is 17.7 Å². The van der Waals surface area contributed by atoms with Crippen LogP contribution in [-0.4, -0.2) is 6.54 Å². The third-order valence-corrected chi connectivity index (χ3v) is 2.39. The number of hydrogen-bond acceptors (Lipinski definition) is 3. The molecule has 1 aliphatic heterocycles. The van der Waals surface area contributed by atoms with E-state index >= 15 is 0 Å². The molecule has 1 heterocycles. The maximum atomic E-state index is 8.63. The van der Waals surface area contributed by atoms with Crippen molar-refractivity contribution in [2.45, 2.75) is 6.42 Å². The summed E-state index contributed by atoms with van der Waals surface area (Å²) in [6.45, 7) is 0.964. The first-order chi connectivity index (χ1) is 7.33. The Hall–Kier alpha value is -2.26. The molecule has 1 aliphatic rings. The van der Waals surface area contributed by atoms with Gasteiger partial charge in [0.2, 0.25) is 0 Å². The monoisotopic (exact) mass is 195 g/mol. The molecule has 72 valence electrons. The van der Waals surface area contributed by atoms with Crippen molar-refractivity contribution in [2.75, 3.05) is 11.9 Å². The lowest BCUT2D eigenvalue weighted by Crippen LogP contribution is -1.90. The first-order valence-electron chi connectivity index (χ1n) is 4.72. The number of fused-ring (bicyclic) bond motifs is 1. The summed E-state index contributed by atoms with van der Waals surface area (Å²) in [5.74, 6) is 0. The molecule has 15 heavy (non-hydrogen) atoms. The first-order valence-corrected chi connectivity index (χ1v) is 4.72. The zero-order valence-electron chi connectivity index (χ0n) is 8.12. The van der Waals surface area contributed by atoms with Crippen LogP contribution >= 0.6 is 0 Å². The SMILES string of the molecule is N#CC(C#N)=Cc1ccc2c(c1)CCN2. The Balaban J connectivity index is 2.37. The molecule has 0 amide bonds. The topological polar surface area (TPSA) is 59.6 Å². The first kappa shape index (κ1) is 9.30. The van der Waals surface area contributed by atoms with E-state index in [0.29, 0.717) is 0 Å². The Bertz CT molecular complexity index is 485. The maximum Gasteiger partial charge on any atom is 0.130 e. The van der Waals surface area contributed by atoms with Crippen LogP contribution in [0.5, 0.6) is 0 Å². The molecule has 0 bridgehead atoms. The number of benzene rings is 1. The van der Waals surface area contributed by atoms with E-state index < -0.39 is 0 Å². The molecule has 0 atom stereocenters. The highest BCUT2D eigenvalue weighted by Gasteiger charge is 2.09. The maximum absolute atomic E-state index is 8.63. The largest absolute Gasteiger partial charge is 0.384 e. The van der Waals surface area contributed by atoms with Crippen molar-refractivity contribution in [3.05, 3.63) is 34.9 Å². The highest BCUT2D eigenvalue weighted by Crippen LogP contribution is 2.23. The molecule has 0 aromatic heterocycles. The van der Waals surface area contributed by atoms with Crippen LogP contribution in [0, 0.1) is 22.7 Å². The quantitative estimate of drug-likeness (QED) is 0.698. The van der Waals surface area contributed by atoms with Gasteiger partial charge in [-0.1, -0.05) is 6.07 Å².